The van der Waals surface area contributed by atoms with Gasteiger partial charge in [-0.3, -0.25) is 4.79 Å². The maximum Gasteiger partial charge on any atom is 0.234 e. The van der Waals surface area contributed by atoms with Crippen LogP contribution in [0.4, 0.5) is 10.8 Å². The van der Waals surface area contributed by atoms with Crippen LogP contribution in [-0.2, 0) is 11.2 Å². The van der Waals surface area contributed by atoms with Gasteiger partial charge in [0, 0.05) is 17.1 Å². The van der Waals surface area contributed by atoms with Crippen molar-refractivity contribution in [2.45, 2.75) is 17.7 Å². The highest BCUT2D eigenvalue weighted by Gasteiger charge is 2.08. The molecule has 2 heterocycles. The van der Waals surface area contributed by atoms with E-state index in [-0.39, 0.29) is 5.91 Å². The maximum atomic E-state index is 12.0. The third-order valence-corrected chi connectivity index (χ3v) is 6.21. The molecule has 25 heavy (non-hydrogen) atoms. The lowest BCUT2D eigenvalue weighted by Crippen LogP contribution is -2.13. The highest BCUT2D eigenvalue weighted by molar-refractivity contribution is 8.01. The number of carbonyl (C=O) groups is 1. The van der Waals surface area contributed by atoms with Gasteiger partial charge in [0.25, 0.3) is 0 Å². The van der Waals surface area contributed by atoms with Gasteiger partial charge in [-0.05, 0) is 42.5 Å². The number of aromatic nitrogens is 2. The van der Waals surface area contributed by atoms with Gasteiger partial charge in [-0.1, -0.05) is 41.3 Å². The van der Waals surface area contributed by atoms with Crippen molar-refractivity contribution in [2.24, 2.45) is 0 Å². The number of hydrogen-bond donors (Lipinski definition) is 2. The number of anilines is 2. The summed E-state index contributed by atoms with van der Waals surface area (Å²) >= 11 is 4.63. The molecule has 0 spiro atoms. The molecule has 3 rings (SSSR count). The van der Waals surface area contributed by atoms with E-state index in [2.05, 4.69) is 38.3 Å². The van der Waals surface area contributed by atoms with Crippen LogP contribution < -0.4 is 10.6 Å². The Bertz CT molecular complexity index is 817. The third kappa shape index (κ3) is 5.84. The fraction of sp³-hybridized carbons (Fsp3) is 0.235. The Balaban J connectivity index is 1.41. The molecule has 0 atom stereocenters. The molecule has 0 fully saturated rings. The molecule has 0 unspecified atom stereocenters. The highest BCUT2D eigenvalue weighted by Crippen LogP contribution is 2.25. The molecule has 0 aliphatic heterocycles. The summed E-state index contributed by atoms with van der Waals surface area (Å²) in [5, 5.41) is 17.3. The molecule has 1 aromatic carbocycles. The summed E-state index contributed by atoms with van der Waals surface area (Å²) in [6.45, 7) is 2.83. The fourth-order valence-corrected chi connectivity index (χ4v) is 4.42. The summed E-state index contributed by atoms with van der Waals surface area (Å²) in [6.07, 6.45) is 0.971. The van der Waals surface area contributed by atoms with Crippen molar-refractivity contribution in [3.05, 3.63) is 52.2 Å². The summed E-state index contributed by atoms with van der Waals surface area (Å²) in [5.41, 5.74) is 1.94. The summed E-state index contributed by atoms with van der Waals surface area (Å²) in [6, 6.07) is 11.9. The summed E-state index contributed by atoms with van der Waals surface area (Å²) in [7, 11) is 0. The van der Waals surface area contributed by atoms with Gasteiger partial charge in [0.05, 0.1) is 5.75 Å². The number of benzene rings is 1. The summed E-state index contributed by atoms with van der Waals surface area (Å²) in [5.74, 6) is 0.274. The fourth-order valence-electron chi connectivity index (χ4n) is 2.13. The Morgan fingerprint density at radius 3 is 2.96 bits per heavy atom. The van der Waals surface area contributed by atoms with E-state index in [1.165, 1.54) is 28.0 Å². The zero-order valence-corrected chi connectivity index (χ0v) is 16.1. The first kappa shape index (κ1) is 17.9. The van der Waals surface area contributed by atoms with Crippen molar-refractivity contribution < 1.29 is 4.79 Å². The lowest BCUT2D eigenvalue weighted by atomic mass is 10.2. The highest BCUT2D eigenvalue weighted by atomic mass is 32.2. The first-order valence-corrected chi connectivity index (χ1v) is 10.5. The minimum absolute atomic E-state index is 0.0435. The lowest BCUT2D eigenvalue weighted by molar-refractivity contribution is -0.113. The van der Waals surface area contributed by atoms with Crippen LogP contribution in [0.3, 0.4) is 0 Å². The topological polar surface area (TPSA) is 66.9 Å². The Labute approximate surface area is 158 Å². The van der Waals surface area contributed by atoms with Gasteiger partial charge in [-0.2, -0.15) is 0 Å². The number of thioether (sulfide) groups is 1. The van der Waals surface area contributed by atoms with E-state index in [4.69, 9.17) is 0 Å². The Hall–Kier alpha value is -1.90. The largest absolute Gasteiger partial charge is 0.360 e. The number of nitrogens with zero attached hydrogens (tertiary/aromatic N) is 2. The SMILES string of the molecule is Cc1cccc(NC(=O)CSc2nnc(NCCc3cccs3)s2)c1. The Morgan fingerprint density at radius 2 is 2.16 bits per heavy atom. The molecule has 3 aromatic rings. The maximum absolute atomic E-state index is 12.0. The number of amides is 1. The van der Waals surface area contributed by atoms with Crippen molar-refractivity contribution in [3.63, 3.8) is 0 Å². The average Bonchev–Trinajstić information content (AvgIpc) is 3.25. The van der Waals surface area contributed by atoms with Crippen molar-refractivity contribution in [3.8, 4) is 0 Å². The summed E-state index contributed by atoms with van der Waals surface area (Å²) in [4.78, 5) is 13.4. The molecule has 0 radical (unpaired) electrons. The quantitative estimate of drug-likeness (QED) is 0.562. The zero-order valence-electron chi connectivity index (χ0n) is 13.7. The van der Waals surface area contributed by atoms with E-state index in [1.807, 2.05) is 31.2 Å². The van der Waals surface area contributed by atoms with E-state index in [0.29, 0.717) is 5.75 Å². The van der Waals surface area contributed by atoms with E-state index in [1.54, 1.807) is 11.3 Å². The van der Waals surface area contributed by atoms with Crippen molar-refractivity contribution in [2.75, 3.05) is 22.9 Å². The van der Waals surface area contributed by atoms with Crippen LogP contribution in [0, 0.1) is 6.92 Å². The molecular formula is C17H18N4OS3. The molecular weight excluding hydrogens is 372 g/mol. The van der Waals surface area contributed by atoms with Gasteiger partial charge in [0.1, 0.15) is 0 Å². The second kappa shape index (κ2) is 8.98. The minimum Gasteiger partial charge on any atom is -0.360 e. The zero-order chi connectivity index (χ0) is 17.5. The molecule has 0 bridgehead atoms. The summed E-state index contributed by atoms with van der Waals surface area (Å²) < 4.78 is 0.790. The predicted molar refractivity (Wildman–Crippen MR) is 107 cm³/mol. The number of aryl methyl sites for hydroxylation is 1. The van der Waals surface area contributed by atoms with Crippen LogP contribution in [0.5, 0.6) is 0 Å². The molecule has 0 saturated carbocycles. The average molecular weight is 391 g/mol. The standard InChI is InChI=1S/C17H18N4OS3/c1-12-4-2-5-13(10-12)19-15(22)11-24-17-21-20-16(25-17)18-8-7-14-6-3-9-23-14/h2-6,9-10H,7-8,11H2,1H3,(H,18,20)(H,19,22). The molecule has 0 aliphatic rings. The van der Waals surface area contributed by atoms with Gasteiger partial charge in [-0.15, -0.1) is 21.5 Å². The molecule has 130 valence electrons. The van der Waals surface area contributed by atoms with Gasteiger partial charge in [-0.25, -0.2) is 0 Å². The van der Waals surface area contributed by atoms with Gasteiger partial charge in [0.2, 0.25) is 11.0 Å². The predicted octanol–water partition coefficient (Wildman–Crippen LogP) is 4.29. The second-order valence-electron chi connectivity index (χ2n) is 5.34. The monoisotopic (exact) mass is 390 g/mol. The molecule has 8 heteroatoms. The van der Waals surface area contributed by atoms with Crippen LogP contribution in [0.1, 0.15) is 10.4 Å². The third-order valence-electron chi connectivity index (χ3n) is 3.26. The van der Waals surface area contributed by atoms with Crippen molar-refractivity contribution >= 4 is 51.2 Å². The Morgan fingerprint density at radius 1 is 1.24 bits per heavy atom. The van der Waals surface area contributed by atoms with Gasteiger partial charge < -0.3 is 10.6 Å². The lowest BCUT2D eigenvalue weighted by Gasteiger charge is -2.04. The van der Waals surface area contributed by atoms with Gasteiger partial charge in [0.15, 0.2) is 4.34 Å². The minimum atomic E-state index is -0.0435. The normalized spacial score (nSPS) is 10.6. The second-order valence-corrected chi connectivity index (χ2v) is 8.57. The van der Waals surface area contributed by atoms with Crippen LogP contribution in [0.2, 0.25) is 0 Å². The molecule has 5 nitrogen and oxygen atoms in total. The van der Waals surface area contributed by atoms with Crippen molar-refractivity contribution in [1.82, 2.24) is 10.2 Å². The van der Waals surface area contributed by atoms with Crippen LogP contribution in [0.25, 0.3) is 0 Å². The molecule has 2 aromatic heterocycles. The van der Waals surface area contributed by atoms with Crippen LogP contribution >= 0.6 is 34.4 Å². The van der Waals surface area contributed by atoms with Crippen LogP contribution in [-0.4, -0.2) is 28.4 Å². The number of thiophene rings is 1. The van der Waals surface area contributed by atoms with Crippen molar-refractivity contribution in [1.29, 1.82) is 0 Å². The molecule has 0 aliphatic carbocycles. The first-order chi connectivity index (χ1) is 12.2. The number of rotatable bonds is 8. The molecule has 2 N–H and O–H groups in total. The smallest absolute Gasteiger partial charge is 0.234 e. The van der Waals surface area contributed by atoms with E-state index >= 15 is 0 Å². The Kier molecular flexibility index (Phi) is 6.43. The van der Waals surface area contributed by atoms with E-state index < -0.39 is 0 Å². The van der Waals surface area contributed by atoms with E-state index in [0.717, 1.165) is 33.7 Å². The first-order valence-electron chi connectivity index (χ1n) is 7.78. The number of carbonyl (C=O) groups excluding carboxylic acids is 1. The molecule has 1 amide bonds. The number of nitrogens with one attached hydrogen (secondary N) is 2. The number of hydrogen-bond acceptors (Lipinski definition) is 7. The molecule has 0 saturated heterocycles. The van der Waals surface area contributed by atoms with Crippen LogP contribution in [0.15, 0.2) is 46.1 Å². The van der Waals surface area contributed by atoms with E-state index in [9.17, 15) is 4.79 Å². The van der Waals surface area contributed by atoms with Gasteiger partial charge >= 0.3 is 0 Å².